The molecule has 6 nitrogen and oxygen atoms in total. The van der Waals surface area contributed by atoms with E-state index in [4.69, 9.17) is 4.74 Å². The van der Waals surface area contributed by atoms with Crippen molar-refractivity contribution in [3.63, 3.8) is 0 Å². The lowest BCUT2D eigenvalue weighted by Gasteiger charge is -2.44. The Morgan fingerprint density at radius 2 is 0.775 bits per heavy atom. The maximum absolute atomic E-state index is 7.26. The molecule has 0 fully saturated rings. The Morgan fingerprint density at radius 1 is 0.312 bits per heavy atom. The average molecular weight is 1020 g/mol. The Balaban J connectivity index is 1.02. The number of para-hydroxylation sites is 9. The molecule has 4 aliphatic heterocycles. The summed E-state index contributed by atoms with van der Waals surface area (Å²) in [5, 5.41) is 2.43. The van der Waals surface area contributed by atoms with E-state index in [2.05, 4.69) is 309 Å². The van der Waals surface area contributed by atoms with Gasteiger partial charge in [0.05, 0.1) is 28.1 Å². The molecular weight excluding hydrogens is 972 g/mol. The lowest BCUT2D eigenvalue weighted by Crippen LogP contribution is -2.64. The van der Waals surface area contributed by atoms with Crippen molar-refractivity contribution in [3.8, 4) is 17.2 Å². The minimum atomic E-state index is -0.160. The highest BCUT2D eigenvalue weighted by atomic mass is 16.5. The SMILES string of the molecule is c1ccc(N(c2ccccc2)c2cc3c4c(c2)N(c2ccccc2)c2c(cc5c6c2c2ccccc2n6-c2cc(N(c6ccccc6)c6ccccc6)cc6c2B5c2ccccc2N6c2ccccc2)B4c2ccccc2O3)cc1. The smallest absolute Gasteiger partial charge is 0.256 e. The molecule has 80 heavy (non-hydrogen) atoms. The van der Waals surface area contributed by atoms with Gasteiger partial charge >= 0.3 is 0 Å². The minimum absolute atomic E-state index is 0.120. The quantitative estimate of drug-likeness (QED) is 0.141. The molecular formula is C72H47B2N5O. The lowest BCUT2D eigenvalue weighted by molar-refractivity contribution is 0.487. The van der Waals surface area contributed by atoms with Crippen LogP contribution in [-0.2, 0) is 0 Å². The average Bonchev–Trinajstić information content (AvgIpc) is 4.08. The van der Waals surface area contributed by atoms with Crippen molar-refractivity contribution >= 4 is 136 Å². The Hall–Kier alpha value is -10.4. The van der Waals surface area contributed by atoms with Crippen molar-refractivity contribution in [2.75, 3.05) is 19.6 Å². The van der Waals surface area contributed by atoms with Crippen LogP contribution in [0.4, 0.5) is 68.2 Å². The molecule has 0 atom stereocenters. The molecule has 0 radical (unpaired) electrons. The van der Waals surface area contributed by atoms with Crippen molar-refractivity contribution in [2.24, 2.45) is 0 Å². The van der Waals surface area contributed by atoms with E-state index in [9.17, 15) is 0 Å². The predicted molar refractivity (Wildman–Crippen MR) is 335 cm³/mol. The summed E-state index contributed by atoms with van der Waals surface area (Å²) in [6, 6.07) is 104. The van der Waals surface area contributed by atoms with Crippen LogP contribution >= 0.6 is 0 Å². The first-order valence-electron chi connectivity index (χ1n) is 27.6. The topological polar surface area (TPSA) is 27.1 Å². The molecule has 372 valence electrons. The van der Waals surface area contributed by atoms with E-state index in [1.165, 1.54) is 55.2 Å². The Morgan fingerprint density at radius 3 is 1.39 bits per heavy atom. The molecule has 13 aromatic rings. The van der Waals surface area contributed by atoms with Gasteiger partial charge in [0.2, 0.25) is 0 Å². The number of hydrogen-bond donors (Lipinski definition) is 0. The number of rotatable bonds is 8. The number of hydrogen-bond acceptors (Lipinski definition) is 5. The Labute approximate surface area is 465 Å². The molecule has 0 saturated heterocycles. The number of fused-ring (bicyclic) bond motifs is 12. The maximum atomic E-state index is 7.26. The van der Waals surface area contributed by atoms with Gasteiger partial charge in [0.25, 0.3) is 13.4 Å². The second kappa shape index (κ2) is 17.5. The summed E-state index contributed by atoms with van der Waals surface area (Å²) in [6.45, 7) is -0.280. The van der Waals surface area contributed by atoms with E-state index in [0.717, 1.165) is 84.8 Å². The number of ether oxygens (including phenoxy) is 1. The highest BCUT2D eigenvalue weighted by Gasteiger charge is 2.48. The molecule has 0 amide bonds. The summed E-state index contributed by atoms with van der Waals surface area (Å²) in [4.78, 5) is 9.84. The molecule has 0 saturated carbocycles. The van der Waals surface area contributed by atoms with Crippen molar-refractivity contribution in [2.45, 2.75) is 0 Å². The third-order valence-electron chi connectivity index (χ3n) is 16.9. The Kier molecular flexibility index (Phi) is 9.80. The highest BCUT2D eigenvalue weighted by Crippen LogP contribution is 2.51. The van der Waals surface area contributed by atoms with E-state index in [1.807, 2.05) is 0 Å². The summed E-state index contributed by atoms with van der Waals surface area (Å²) in [5.41, 5.74) is 24.1. The third-order valence-corrected chi connectivity index (χ3v) is 16.9. The first-order valence-corrected chi connectivity index (χ1v) is 27.6. The number of benzene rings is 12. The maximum Gasteiger partial charge on any atom is 0.256 e. The van der Waals surface area contributed by atoms with Crippen LogP contribution in [0.1, 0.15) is 0 Å². The minimum Gasteiger partial charge on any atom is -0.458 e. The van der Waals surface area contributed by atoms with Gasteiger partial charge in [-0.25, -0.2) is 0 Å². The zero-order chi connectivity index (χ0) is 52.4. The molecule has 4 aliphatic rings. The van der Waals surface area contributed by atoms with Crippen molar-refractivity contribution in [3.05, 3.63) is 285 Å². The van der Waals surface area contributed by atoms with Gasteiger partial charge in [-0.3, -0.25) is 0 Å². The Bertz CT molecular complexity index is 4520. The molecule has 12 aromatic carbocycles. The van der Waals surface area contributed by atoms with Gasteiger partial charge in [0.15, 0.2) is 0 Å². The van der Waals surface area contributed by atoms with Gasteiger partial charge in [0.1, 0.15) is 11.5 Å². The van der Waals surface area contributed by atoms with Crippen LogP contribution in [0.3, 0.4) is 0 Å². The summed E-state index contributed by atoms with van der Waals surface area (Å²) in [7, 11) is 0. The van der Waals surface area contributed by atoms with E-state index in [0.29, 0.717) is 0 Å². The van der Waals surface area contributed by atoms with Crippen LogP contribution in [0, 0.1) is 0 Å². The van der Waals surface area contributed by atoms with Gasteiger partial charge in [-0.05, 0) is 142 Å². The van der Waals surface area contributed by atoms with E-state index in [-0.39, 0.29) is 13.4 Å². The van der Waals surface area contributed by atoms with Crippen LogP contribution in [-0.4, -0.2) is 18.0 Å². The molecule has 0 spiro atoms. The summed E-state index contributed by atoms with van der Waals surface area (Å²) >= 11 is 0. The first-order chi connectivity index (χ1) is 39.7. The summed E-state index contributed by atoms with van der Waals surface area (Å²) in [5.74, 6) is 1.72. The van der Waals surface area contributed by atoms with Gasteiger partial charge in [-0.1, -0.05) is 170 Å². The van der Waals surface area contributed by atoms with E-state index in [1.54, 1.807) is 0 Å². The number of aromatic nitrogens is 1. The van der Waals surface area contributed by atoms with Gasteiger partial charge < -0.3 is 28.9 Å². The standard InChI is InChI=1S/C72H47B2N5O/c1-7-25-48(26-8-1)75(49-27-9-2-10-28-49)54-43-63-69-64(44-54)79-61-40-22-19-37-56(61)68-71-59(47-60(72(68)79)73(69)57-38-20-23-41-62(57)77(63)52-33-15-5-16-34-52)74-58-39-21-24-42-66(58)80-67-46-55(45-65(70(67)74)78(71)53-35-17-6-18-36-53)76(50-29-11-3-12-30-50)51-31-13-4-14-32-51/h1-47H. The van der Waals surface area contributed by atoms with E-state index >= 15 is 0 Å². The zero-order valence-electron chi connectivity index (χ0n) is 43.4. The van der Waals surface area contributed by atoms with Crippen LogP contribution in [0.2, 0.25) is 0 Å². The molecule has 1 aromatic heterocycles. The van der Waals surface area contributed by atoms with E-state index < -0.39 is 0 Å². The second-order valence-corrected chi connectivity index (χ2v) is 21.2. The lowest BCUT2D eigenvalue weighted by atomic mass is 9.30. The normalized spacial score (nSPS) is 13.0. The number of anilines is 12. The molecule has 8 heteroatoms. The molecule has 5 heterocycles. The van der Waals surface area contributed by atoms with Gasteiger partial charge in [-0.15, -0.1) is 0 Å². The fourth-order valence-electron chi connectivity index (χ4n) is 13.8. The predicted octanol–water partition coefficient (Wildman–Crippen LogP) is 14.7. The molecule has 17 rings (SSSR count). The molecule has 0 aliphatic carbocycles. The van der Waals surface area contributed by atoms with Crippen LogP contribution in [0.25, 0.3) is 27.5 Å². The number of nitrogens with zero attached hydrogens (tertiary/aromatic N) is 5. The molecule has 0 N–H and O–H groups in total. The van der Waals surface area contributed by atoms with Crippen LogP contribution < -0.4 is 57.1 Å². The third kappa shape index (κ3) is 6.50. The summed E-state index contributed by atoms with van der Waals surface area (Å²) < 4.78 is 9.88. The van der Waals surface area contributed by atoms with Crippen molar-refractivity contribution < 1.29 is 4.74 Å². The second-order valence-electron chi connectivity index (χ2n) is 21.2. The largest absolute Gasteiger partial charge is 0.458 e. The monoisotopic (exact) mass is 1020 g/mol. The fourth-order valence-corrected chi connectivity index (χ4v) is 13.8. The fraction of sp³-hybridized carbons (Fsp3) is 0. The van der Waals surface area contributed by atoms with Gasteiger partial charge in [0, 0.05) is 73.7 Å². The van der Waals surface area contributed by atoms with Crippen molar-refractivity contribution in [1.29, 1.82) is 0 Å². The van der Waals surface area contributed by atoms with Crippen LogP contribution in [0.15, 0.2) is 285 Å². The zero-order valence-corrected chi connectivity index (χ0v) is 43.4. The molecule has 0 bridgehead atoms. The highest BCUT2D eigenvalue weighted by molar-refractivity contribution is 7.03. The van der Waals surface area contributed by atoms with Crippen molar-refractivity contribution in [1.82, 2.24) is 4.57 Å². The summed E-state index contributed by atoms with van der Waals surface area (Å²) in [6.07, 6.45) is 0. The van der Waals surface area contributed by atoms with Crippen LogP contribution in [0.5, 0.6) is 11.5 Å². The van der Waals surface area contributed by atoms with Gasteiger partial charge in [-0.2, -0.15) is 0 Å². The first kappa shape index (κ1) is 44.7. The molecule has 0 unspecified atom stereocenters.